The van der Waals surface area contributed by atoms with E-state index in [0.29, 0.717) is 24.3 Å². The Morgan fingerprint density at radius 2 is 0.909 bits per heavy atom. The van der Waals surface area contributed by atoms with Gasteiger partial charge in [0.25, 0.3) is 0 Å². The molecule has 0 spiro atoms. The number of carbonyl (C=O) groups excluding carboxylic acids is 2. The normalized spacial score (nSPS) is 10.5. The van der Waals surface area contributed by atoms with E-state index in [1.54, 1.807) is 0 Å². The summed E-state index contributed by atoms with van der Waals surface area (Å²) < 4.78 is 0. The lowest BCUT2D eigenvalue weighted by Crippen LogP contribution is -2.24. The van der Waals surface area contributed by atoms with Gasteiger partial charge >= 0.3 is 0 Å². The van der Waals surface area contributed by atoms with Gasteiger partial charge in [0.2, 0.25) is 11.8 Å². The van der Waals surface area contributed by atoms with Gasteiger partial charge < -0.3 is 10.6 Å². The number of amides is 2. The molecule has 0 unspecified atom stereocenters. The lowest BCUT2D eigenvalue weighted by Gasteiger charge is -2.05. The largest absolute Gasteiger partial charge is 0.356 e. The molecule has 2 amide bonds. The van der Waals surface area contributed by atoms with Crippen LogP contribution in [0.15, 0.2) is 0 Å². The fourth-order valence-corrected chi connectivity index (χ4v) is 2.55. The minimum absolute atomic E-state index is 0.108. The smallest absolute Gasteiger partial charge is 0.220 e. The molecule has 130 valence electrons. The summed E-state index contributed by atoms with van der Waals surface area (Å²) in [5.41, 5.74) is 0. The van der Waals surface area contributed by atoms with E-state index in [-0.39, 0.29) is 11.8 Å². The Morgan fingerprint density at radius 1 is 0.591 bits per heavy atom. The molecule has 0 rings (SSSR count). The average molecular weight is 349 g/mol. The maximum absolute atomic E-state index is 11.2. The van der Waals surface area contributed by atoms with Crippen molar-refractivity contribution in [1.82, 2.24) is 10.6 Å². The van der Waals surface area contributed by atoms with Crippen molar-refractivity contribution >= 4 is 37.1 Å². The molecule has 0 aromatic rings. The van der Waals surface area contributed by atoms with Gasteiger partial charge in [0, 0.05) is 25.9 Å². The summed E-state index contributed by atoms with van der Waals surface area (Å²) in [5, 5.41) is 5.80. The number of unbranched alkanes of at least 4 members (excludes halogenated alkanes) is 7. The first-order valence-electron chi connectivity index (χ1n) is 8.45. The minimum Gasteiger partial charge on any atom is -0.356 e. The van der Waals surface area contributed by atoms with E-state index in [0.717, 1.165) is 25.9 Å². The summed E-state index contributed by atoms with van der Waals surface area (Å²) in [7, 11) is 0. The molecule has 0 saturated carbocycles. The van der Waals surface area contributed by atoms with Gasteiger partial charge in [-0.1, -0.05) is 38.5 Å². The van der Waals surface area contributed by atoms with Crippen molar-refractivity contribution < 1.29 is 9.59 Å². The Balaban J connectivity index is 3.11. The van der Waals surface area contributed by atoms with Crippen LogP contribution < -0.4 is 10.6 Å². The highest BCUT2D eigenvalue weighted by atomic mass is 32.1. The molecule has 0 bridgehead atoms. The second-order valence-electron chi connectivity index (χ2n) is 5.48. The van der Waals surface area contributed by atoms with Crippen molar-refractivity contribution in [2.24, 2.45) is 0 Å². The standard InChI is InChI=1S/C16H32N2O2S2/c19-15(9-13-21)17-11-7-5-3-1-2-4-6-8-12-18-16(20)10-14-22/h21-22H,1-14H2,(H,17,19)(H,18,20). The van der Waals surface area contributed by atoms with Gasteiger partial charge in [-0.2, -0.15) is 25.3 Å². The maximum Gasteiger partial charge on any atom is 0.220 e. The van der Waals surface area contributed by atoms with E-state index in [2.05, 4.69) is 35.9 Å². The number of hydrogen-bond acceptors (Lipinski definition) is 4. The SMILES string of the molecule is O=C(CCS)NCCCCCCCCCCNC(=O)CCS. The van der Waals surface area contributed by atoms with E-state index >= 15 is 0 Å². The van der Waals surface area contributed by atoms with Crippen LogP contribution in [0, 0.1) is 0 Å². The van der Waals surface area contributed by atoms with Gasteiger partial charge in [-0.25, -0.2) is 0 Å². The predicted octanol–water partition coefficient (Wildman–Crippen LogP) is 2.98. The molecule has 0 heterocycles. The van der Waals surface area contributed by atoms with Crippen LogP contribution in [0.25, 0.3) is 0 Å². The van der Waals surface area contributed by atoms with E-state index in [9.17, 15) is 9.59 Å². The highest BCUT2D eigenvalue weighted by Crippen LogP contribution is 2.08. The summed E-state index contributed by atoms with van der Waals surface area (Å²) in [6.45, 7) is 1.58. The summed E-state index contributed by atoms with van der Waals surface area (Å²) in [6, 6.07) is 0. The zero-order valence-electron chi connectivity index (χ0n) is 13.6. The second-order valence-corrected chi connectivity index (χ2v) is 6.37. The van der Waals surface area contributed by atoms with E-state index in [1.807, 2.05) is 0 Å². The molecule has 0 aromatic carbocycles. The summed E-state index contributed by atoms with van der Waals surface area (Å²) in [5.74, 6) is 1.45. The number of nitrogens with one attached hydrogen (secondary N) is 2. The molecule has 0 aliphatic heterocycles. The molecule has 0 radical (unpaired) electrons. The van der Waals surface area contributed by atoms with Crippen molar-refractivity contribution in [3.63, 3.8) is 0 Å². The average Bonchev–Trinajstić information content (AvgIpc) is 2.49. The van der Waals surface area contributed by atoms with Gasteiger partial charge in [0.1, 0.15) is 0 Å². The zero-order chi connectivity index (χ0) is 16.5. The third kappa shape index (κ3) is 16.0. The highest BCUT2D eigenvalue weighted by Gasteiger charge is 1.99. The first-order valence-corrected chi connectivity index (χ1v) is 9.72. The maximum atomic E-state index is 11.2. The van der Waals surface area contributed by atoms with Gasteiger partial charge in [0.05, 0.1) is 0 Å². The Kier molecular flexibility index (Phi) is 16.7. The molecular formula is C16H32N2O2S2. The van der Waals surface area contributed by atoms with E-state index < -0.39 is 0 Å². The molecular weight excluding hydrogens is 316 g/mol. The lowest BCUT2D eigenvalue weighted by atomic mass is 10.1. The van der Waals surface area contributed by atoms with Crippen molar-refractivity contribution in [2.45, 2.75) is 64.2 Å². The van der Waals surface area contributed by atoms with Crippen LogP contribution in [0.5, 0.6) is 0 Å². The van der Waals surface area contributed by atoms with Crippen LogP contribution >= 0.6 is 25.3 Å². The molecule has 0 fully saturated rings. The quantitative estimate of drug-likeness (QED) is 0.272. The lowest BCUT2D eigenvalue weighted by molar-refractivity contribution is -0.121. The van der Waals surface area contributed by atoms with Gasteiger partial charge in [0.15, 0.2) is 0 Å². The summed E-state index contributed by atoms with van der Waals surface area (Å²) in [6.07, 6.45) is 10.5. The topological polar surface area (TPSA) is 58.2 Å². The van der Waals surface area contributed by atoms with Gasteiger partial charge in [-0.15, -0.1) is 0 Å². The fourth-order valence-electron chi connectivity index (χ4n) is 2.15. The summed E-state index contributed by atoms with van der Waals surface area (Å²) in [4.78, 5) is 22.4. The van der Waals surface area contributed by atoms with E-state index in [1.165, 1.54) is 38.5 Å². The number of thiol groups is 2. The Bertz CT molecular complexity index is 261. The number of rotatable bonds is 15. The minimum atomic E-state index is 0.108. The number of hydrogen-bond donors (Lipinski definition) is 4. The molecule has 4 nitrogen and oxygen atoms in total. The van der Waals surface area contributed by atoms with Crippen LogP contribution in [0.1, 0.15) is 64.2 Å². The van der Waals surface area contributed by atoms with E-state index in [4.69, 9.17) is 0 Å². The third-order valence-electron chi connectivity index (χ3n) is 3.43. The van der Waals surface area contributed by atoms with Crippen LogP contribution in [-0.2, 0) is 9.59 Å². The summed E-state index contributed by atoms with van der Waals surface area (Å²) >= 11 is 8.05. The first kappa shape index (κ1) is 21.6. The zero-order valence-corrected chi connectivity index (χ0v) is 15.4. The van der Waals surface area contributed by atoms with Crippen molar-refractivity contribution in [3.05, 3.63) is 0 Å². The molecule has 0 atom stereocenters. The molecule has 0 saturated heterocycles. The fraction of sp³-hybridized carbons (Fsp3) is 0.875. The Morgan fingerprint density at radius 3 is 1.23 bits per heavy atom. The Labute approximate surface area is 146 Å². The van der Waals surface area contributed by atoms with Gasteiger partial charge in [-0.3, -0.25) is 9.59 Å². The monoisotopic (exact) mass is 348 g/mol. The number of carbonyl (C=O) groups is 2. The van der Waals surface area contributed by atoms with Crippen LogP contribution in [0.2, 0.25) is 0 Å². The molecule has 0 aliphatic rings. The predicted molar refractivity (Wildman–Crippen MR) is 99.9 cm³/mol. The highest BCUT2D eigenvalue weighted by molar-refractivity contribution is 7.80. The van der Waals surface area contributed by atoms with Crippen molar-refractivity contribution in [2.75, 3.05) is 24.6 Å². The first-order chi connectivity index (χ1) is 10.7. The molecule has 0 aliphatic carbocycles. The molecule has 0 aromatic heterocycles. The van der Waals surface area contributed by atoms with Crippen LogP contribution in [-0.4, -0.2) is 36.4 Å². The third-order valence-corrected chi connectivity index (χ3v) is 3.87. The van der Waals surface area contributed by atoms with Gasteiger partial charge in [-0.05, 0) is 24.3 Å². The van der Waals surface area contributed by atoms with Crippen LogP contribution in [0.4, 0.5) is 0 Å². The Hall–Kier alpha value is -0.360. The molecule has 22 heavy (non-hydrogen) atoms. The van der Waals surface area contributed by atoms with Crippen LogP contribution in [0.3, 0.4) is 0 Å². The molecule has 6 heteroatoms. The second kappa shape index (κ2) is 17.0. The van der Waals surface area contributed by atoms with Crippen molar-refractivity contribution in [1.29, 1.82) is 0 Å². The molecule has 2 N–H and O–H groups in total. The van der Waals surface area contributed by atoms with Crippen molar-refractivity contribution in [3.8, 4) is 0 Å².